The fourth-order valence-electron chi connectivity index (χ4n) is 2.91. The van der Waals surface area contributed by atoms with Crippen LogP contribution in [0.2, 0.25) is 0 Å². The Morgan fingerprint density at radius 3 is 2.45 bits per heavy atom. The Bertz CT molecular complexity index is 975. The third kappa shape index (κ3) is 7.38. The molecule has 2 rings (SSSR count). The van der Waals surface area contributed by atoms with Gasteiger partial charge >= 0.3 is 0 Å². The number of hydrogen-bond donors (Lipinski definition) is 2. The number of benzene rings is 2. The van der Waals surface area contributed by atoms with E-state index >= 15 is 0 Å². The molecule has 6 nitrogen and oxygen atoms in total. The lowest BCUT2D eigenvalue weighted by molar-refractivity contribution is 0.338. The molecular weight excluding hydrogens is 393 g/mol. The number of aliphatic imine (C=N–C) groups is 1. The lowest BCUT2D eigenvalue weighted by Gasteiger charge is -2.15. The number of sulfone groups is 1. The molecule has 2 aromatic rings. The Balaban J connectivity index is 2.01. The second-order valence-corrected chi connectivity index (χ2v) is 8.94. The number of ether oxygens (including phenoxy) is 1. The van der Waals surface area contributed by atoms with E-state index in [4.69, 9.17) is 4.74 Å². The lowest BCUT2D eigenvalue weighted by atomic mass is 10.1. The largest absolute Gasteiger partial charge is 0.494 e. The topological polar surface area (TPSA) is 79.8 Å². The maximum atomic E-state index is 13.6. The number of rotatable bonds is 8. The summed E-state index contributed by atoms with van der Waals surface area (Å²) in [5.41, 5.74) is 3.27. The van der Waals surface area contributed by atoms with E-state index in [2.05, 4.69) is 15.6 Å². The van der Waals surface area contributed by atoms with Crippen LogP contribution in [0.25, 0.3) is 0 Å². The van der Waals surface area contributed by atoms with Gasteiger partial charge in [-0.05, 0) is 54.3 Å². The van der Waals surface area contributed by atoms with Crippen molar-refractivity contribution in [2.24, 2.45) is 4.99 Å². The van der Waals surface area contributed by atoms with E-state index in [1.54, 1.807) is 7.05 Å². The first-order chi connectivity index (χ1) is 13.7. The highest BCUT2D eigenvalue weighted by Gasteiger charge is 2.11. The van der Waals surface area contributed by atoms with E-state index < -0.39 is 15.7 Å². The minimum absolute atomic E-state index is 0.137. The van der Waals surface area contributed by atoms with Crippen molar-refractivity contribution in [3.8, 4) is 5.75 Å². The SMILES string of the molecule is CCOc1ccc(CNC(=NC)NCc2cc(F)ccc2CS(C)(=O)=O)cc1C. The van der Waals surface area contributed by atoms with Crippen LogP contribution in [-0.2, 0) is 28.7 Å². The predicted octanol–water partition coefficient (Wildman–Crippen LogP) is 2.94. The summed E-state index contributed by atoms with van der Waals surface area (Å²) in [5, 5.41) is 6.31. The molecule has 8 heteroatoms. The molecule has 158 valence electrons. The third-order valence-electron chi connectivity index (χ3n) is 4.26. The van der Waals surface area contributed by atoms with E-state index in [0.717, 1.165) is 23.1 Å². The van der Waals surface area contributed by atoms with Gasteiger partial charge in [-0.2, -0.15) is 0 Å². The Morgan fingerprint density at radius 1 is 1.10 bits per heavy atom. The first-order valence-electron chi connectivity index (χ1n) is 9.33. The van der Waals surface area contributed by atoms with E-state index in [1.807, 2.05) is 32.0 Å². The summed E-state index contributed by atoms with van der Waals surface area (Å²) in [4.78, 5) is 4.17. The molecule has 0 radical (unpaired) electrons. The minimum Gasteiger partial charge on any atom is -0.494 e. The number of hydrogen-bond acceptors (Lipinski definition) is 4. The fourth-order valence-corrected chi connectivity index (χ4v) is 3.75. The highest BCUT2D eigenvalue weighted by atomic mass is 32.2. The molecule has 0 heterocycles. The van der Waals surface area contributed by atoms with Gasteiger partial charge in [-0.15, -0.1) is 0 Å². The van der Waals surface area contributed by atoms with Gasteiger partial charge in [-0.1, -0.05) is 18.2 Å². The standard InChI is InChI=1S/C21H28FN3O3S/c1-5-28-20-9-6-16(10-15(20)2)12-24-21(23-3)25-13-18-11-19(22)8-7-17(18)14-29(4,26)27/h6-11H,5,12-14H2,1-4H3,(H2,23,24,25). The van der Waals surface area contributed by atoms with E-state index in [9.17, 15) is 12.8 Å². The monoisotopic (exact) mass is 421 g/mol. The van der Waals surface area contributed by atoms with Crippen LogP contribution in [-0.4, -0.2) is 34.3 Å². The molecule has 29 heavy (non-hydrogen) atoms. The molecule has 0 saturated carbocycles. The molecule has 0 amide bonds. The summed E-state index contributed by atoms with van der Waals surface area (Å²) in [6, 6.07) is 10.1. The van der Waals surface area contributed by atoms with Crippen molar-refractivity contribution in [3.05, 3.63) is 64.5 Å². The van der Waals surface area contributed by atoms with Gasteiger partial charge in [-0.3, -0.25) is 4.99 Å². The summed E-state index contributed by atoms with van der Waals surface area (Å²) in [7, 11) is -1.58. The number of nitrogens with zero attached hydrogens (tertiary/aromatic N) is 1. The summed E-state index contributed by atoms with van der Waals surface area (Å²) < 4.78 is 42.4. The number of halogens is 1. The van der Waals surface area contributed by atoms with Crippen molar-refractivity contribution >= 4 is 15.8 Å². The lowest BCUT2D eigenvalue weighted by Crippen LogP contribution is -2.36. The Hall–Kier alpha value is -2.61. The van der Waals surface area contributed by atoms with Crippen LogP contribution in [0, 0.1) is 12.7 Å². The van der Waals surface area contributed by atoms with E-state index in [1.165, 1.54) is 18.2 Å². The zero-order chi connectivity index (χ0) is 21.4. The zero-order valence-electron chi connectivity index (χ0n) is 17.3. The average molecular weight is 422 g/mol. The van der Waals surface area contributed by atoms with Crippen LogP contribution >= 0.6 is 0 Å². The summed E-state index contributed by atoms with van der Waals surface area (Å²) in [6.07, 6.45) is 1.16. The summed E-state index contributed by atoms with van der Waals surface area (Å²) >= 11 is 0. The first kappa shape index (κ1) is 22.7. The van der Waals surface area contributed by atoms with Crippen LogP contribution in [0.4, 0.5) is 4.39 Å². The predicted molar refractivity (Wildman–Crippen MR) is 114 cm³/mol. The van der Waals surface area contributed by atoms with Gasteiger partial charge in [0, 0.05) is 26.4 Å². The molecule has 0 aliphatic heterocycles. The van der Waals surface area contributed by atoms with Crippen molar-refractivity contribution in [3.63, 3.8) is 0 Å². The normalized spacial score (nSPS) is 12.0. The molecule has 0 fully saturated rings. The molecule has 2 N–H and O–H groups in total. The summed E-state index contributed by atoms with van der Waals surface area (Å²) in [6.45, 7) is 5.37. The number of aryl methyl sites for hydroxylation is 1. The fraction of sp³-hybridized carbons (Fsp3) is 0.381. The summed E-state index contributed by atoms with van der Waals surface area (Å²) in [5.74, 6) is 0.850. The Morgan fingerprint density at radius 2 is 1.83 bits per heavy atom. The van der Waals surface area contributed by atoms with Crippen LogP contribution in [0.5, 0.6) is 5.75 Å². The van der Waals surface area contributed by atoms with Gasteiger partial charge in [0.15, 0.2) is 15.8 Å². The second kappa shape index (κ2) is 10.2. The van der Waals surface area contributed by atoms with Gasteiger partial charge in [-0.25, -0.2) is 12.8 Å². The average Bonchev–Trinajstić information content (AvgIpc) is 2.65. The number of guanidine groups is 1. The van der Waals surface area contributed by atoms with Crippen LogP contribution in [0.3, 0.4) is 0 Å². The van der Waals surface area contributed by atoms with Gasteiger partial charge in [0.25, 0.3) is 0 Å². The smallest absolute Gasteiger partial charge is 0.191 e. The van der Waals surface area contributed by atoms with Crippen LogP contribution in [0.1, 0.15) is 29.2 Å². The minimum atomic E-state index is -3.22. The van der Waals surface area contributed by atoms with Crippen molar-refractivity contribution in [1.82, 2.24) is 10.6 Å². The van der Waals surface area contributed by atoms with Crippen molar-refractivity contribution in [1.29, 1.82) is 0 Å². The van der Waals surface area contributed by atoms with Gasteiger partial charge in [0.1, 0.15) is 11.6 Å². The molecule has 0 saturated heterocycles. The molecule has 0 spiro atoms. The van der Waals surface area contributed by atoms with Crippen molar-refractivity contribution in [2.75, 3.05) is 19.9 Å². The van der Waals surface area contributed by atoms with Crippen molar-refractivity contribution in [2.45, 2.75) is 32.7 Å². The highest BCUT2D eigenvalue weighted by molar-refractivity contribution is 7.89. The molecule has 2 aromatic carbocycles. The molecule has 0 aliphatic rings. The molecule has 0 unspecified atom stereocenters. The van der Waals surface area contributed by atoms with Gasteiger partial charge in [0.2, 0.25) is 0 Å². The quantitative estimate of drug-likeness (QED) is 0.506. The van der Waals surface area contributed by atoms with E-state index in [-0.39, 0.29) is 12.3 Å². The van der Waals surface area contributed by atoms with Crippen LogP contribution < -0.4 is 15.4 Å². The van der Waals surface area contributed by atoms with Gasteiger partial charge < -0.3 is 15.4 Å². The van der Waals surface area contributed by atoms with Crippen molar-refractivity contribution < 1.29 is 17.5 Å². The maximum absolute atomic E-state index is 13.6. The maximum Gasteiger partial charge on any atom is 0.191 e. The first-order valence-corrected chi connectivity index (χ1v) is 11.4. The molecular formula is C21H28FN3O3S. The number of nitrogens with one attached hydrogen (secondary N) is 2. The highest BCUT2D eigenvalue weighted by Crippen LogP contribution is 2.19. The Kier molecular flexibility index (Phi) is 8.01. The molecule has 0 atom stereocenters. The molecule has 0 bridgehead atoms. The molecule has 0 aromatic heterocycles. The van der Waals surface area contributed by atoms with Gasteiger partial charge in [0.05, 0.1) is 12.4 Å². The zero-order valence-corrected chi connectivity index (χ0v) is 18.1. The third-order valence-corrected chi connectivity index (χ3v) is 5.09. The Labute approximate surface area is 172 Å². The second-order valence-electron chi connectivity index (χ2n) is 6.80. The molecule has 0 aliphatic carbocycles. The van der Waals surface area contributed by atoms with Crippen LogP contribution in [0.15, 0.2) is 41.4 Å². The van der Waals surface area contributed by atoms with E-state index in [0.29, 0.717) is 30.2 Å².